The first-order valence-corrected chi connectivity index (χ1v) is 9.69. The van der Waals surface area contributed by atoms with E-state index in [1.807, 2.05) is 4.90 Å². The van der Waals surface area contributed by atoms with E-state index in [-0.39, 0.29) is 16.7 Å². The molecule has 1 aromatic heterocycles. The quantitative estimate of drug-likeness (QED) is 0.566. The Hall–Kier alpha value is -2.82. The second-order valence-electron chi connectivity index (χ2n) is 7.28. The lowest BCUT2D eigenvalue weighted by atomic mass is 10.1. The molecule has 30 heavy (non-hydrogen) atoms. The predicted molar refractivity (Wildman–Crippen MR) is 116 cm³/mol. The van der Waals surface area contributed by atoms with Gasteiger partial charge < -0.3 is 26.4 Å². The van der Waals surface area contributed by atoms with E-state index in [0.717, 1.165) is 19.3 Å². The number of pyridine rings is 1. The molecule has 1 aromatic rings. The maximum atomic E-state index is 12.4. The molecule has 1 aliphatic heterocycles. The van der Waals surface area contributed by atoms with Gasteiger partial charge in [-0.25, -0.2) is 14.2 Å². The number of nitrogens with one attached hydrogen (secondary N) is 1. The normalized spacial score (nSPS) is 12.9. The van der Waals surface area contributed by atoms with Crippen molar-refractivity contribution in [3.63, 3.8) is 0 Å². The molecule has 0 aliphatic carbocycles. The number of hydrogen-bond donors (Lipinski definition) is 3. The molecular formula is C19H30FN5O4S. The minimum absolute atomic E-state index is 0.208. The van der Waals surface area contributed by atoms with Crippen LogP contribution in [-0.2, 0) is 14.3 Å². The lowest BCUT2D eigenvalue weighted by Gasteiger charge is -2.24. The molecule has 2 heterocycles. The standard InChI is InChI=1S/C7H6FN3OS.C7H13NO.C5H11NO2/c8-4-1-2-5(10-3-4)11-7(12)6(9)13;1-7(9)8-5-3-2-4-6-8;1-5(2,3)8-4(6)7/h1-3H,(H2,9,13)(H,10,11,12);2-6H2,1H3;1-3H3,(H2,6,7). The number of hydrogen-bond acceptors (Lipinski definition) is 6. The average molecular weight is 444 g/mol. The van der Waals surface area contributed by atoms with Gasteiger partial charge in [0.1, 0.15) is 17.2 Å². The molecule has 2 rings (SSSR count). The van der Waals surface area contributed by atoms with Gasteiger partial charge in [-0.15, -0.1) is 0 Å². The van der Waals surface area contributed by atoms with Crippen molar-refractivity contribution in [2.45, 2.75) is 52.6 Å². The molecule has 5 N–H and O–H groups in total. The van der Waals surface area contributed by atoms with Crippen LogP contribution in [0.25, 0.3) is 0 Å². The van der Waals surface area contributed by atoms with E-state index in [9.17, 15) is 18.8 Å². The third-order valence-corrected chi connectivity index (χ3v) is 3.59. The van der Waals surface area contributed by atoms with Crippen molar-refractivity contribution in [2.75, 3.05) is 18.4 Å². The second kappa shape index (κ2) is 13.4. The van der Waals surface area contributed by atoms with Crippen molar-refractivity contribution in [3.05, 3.63) is 24.1 Å². The molecule has 9 nitrogen and oxygen atoms in total. The number of nitrogens with zero attached hydrogens (tertiary/aromatic N) is 2. The second-order valence-corrected chi connectivity index (χ2v) is 7.72. The van der Waals surface area contributed by atoms with E-state index >= 15 is 0 Å². The number of likely N-dealkylation sites (tertiary alicyclic amines) is 1. The van der Waals surface area contributed by atoms with Crippen LogP contribution in [0.5, 0.6) is 0 Å². The molecule has 0 unspecified atom stereocenters. The third kappa shape index (κ3) is 14.2. The first-order chi connectivity index (χ1) is 13.8. The molecule has 0 spiro atoms. The fraction of sp³-hybridized carbons (Fsp3) is 0.526. The van der Waals surface area contributed by atoms with E-state index in [1.54, 1.807) is 27.7 Å². The molecular weight excluding hydrogens is 413 g/mol. The highest BCUT2D eigenvalue weighted by atomic mass is 32.1. The predicted octanol–water partition coefficient (Wildman–Crippen LogP) is 2.34. The molecule has 168 valence electrons. The number of halogens is 1. The lowest BCUT2D eigenvalue weighted by Crippen LogP contribution is -2.33. The van der Waals surface area contributed by atoms with Gasteiger partial charge >= 0.3 is 6.09 Å². The van der Waals surface area contributed by atoms with Gasteiger partial charge in [-0.2, -0.15) is 0 Å². The van der Waals surface area contributed by atoms with Crippen molar-refractivity contribution in [1.29, 1.82) is 0 Å². The Bertz CT molecular complexity index is 717. The van der Waals surface area contributed by atoms with Crippen LogP contribution in [0.2, 0.25) is 0 Å². The summed E-state index contributed by atoms with van der Waals surface area (Å²) in [6.45, 7) is 8.89. The van der Waals surface area contributed by atoms with Crippen LogP contribution in [0.4, 0.5) is 15.0 Å². The van der Waals surface area contributed by atoms with Crippen LogP contribution in [0.3, 0.4) is 0 Å². The zero-order valence-corrected chi connectivity index (χ0v) is 18.6. The van der Waals surface area contributed by atoms with Gasteiger partial charge in [0, 0.05) is 20.0 Å². The molecule has 1 fully saturated rings. The zero-order chi connectivity index (χ0) is 23.3. The van der Waals surface area contributed by atoms with Crippen LogP contribution in [0, 0.1) is 5.82 Å². The number of anilines is 1. The fourth-order valence-corrected chi connectivity index (χ4v) is 2.19. The number of primary amides is 1. The van der Waals surface area contributed by atoms with Crippen molar-refractivity contribution in [3.8, 4) is 0 Å². The SMILES string of the molecule is CC(=O)N1CCCCC1.CC(C)(C)OC(N)=O.NC(=S)C(=O)Nc1ccc(F)cn1. The minimum Gasteiger partial charge on any atom is -0.444 e. The Labute approximate surface area is 181 Å². The Morgan fingerprint density at radius 3 is 2.03 bits per heavy atom. The summed E-state index contributed by atoms with van der Waals surface area (Å²) < 4.78 is 16.9. The maximum Gasteiger partial charge on any atom is 0.405 e. The fourth-order valence-electron chi connectivity index (χ4n) is 2.14. The van der Waals surface area contributed by atoms with E-state index < -0.39 is 23.4 Å². The zero-order valence-electron chi connectivity index (χ0n) is 17.7. The van der Waals surface area contributed by atoms with Crippen molar-refractivity contribution >= 4 is 40.9 Å². The van der Waals surface area contributed by atoms with Crippen LogP contribution >= 0.6 is 12.2 Å². The summed E-state index contributed by atoms with van der Waals surface area (Å²) in [5, 5.41) is 2.29. The molecule has 0 bridgehead atoms. The molecule has 0 radical (unpaired) electrons. The van der Waals surface area contributed by atoms with Crippen LogP contribution in [-0.4, -0.2) is 51.5 Å². The van der Waals surface area contributed by atoms with E-state index in [4.69, 9.17) is 11.5 Å². The highest BCUT2D eigenvalue weighted by Gasteiger charge is 2.12. The van der Waals surface area contributed by atoms with Crippen molar-refractivity contribution < 1.29 is 23.5 Å². The summed E-state index contributed by atoms with van der Waals surface area (Å²) >= 11 is 4.41. The molecule has 1 aliphatic rings. The number of ether oxygens (including phenoxy) is 1. The average Bonchev–Trinajstić information content (AvgIpc) is 2.63. The van der Waals surface area contributed by atoms with Crippen molar-refractivity contribution in [2.24, 2.45) is 11.5 Å². The van der Waals surface area contributed by atoms with E-state index in [2.05, 4.69) is 27.3 Å². The topological polar surface area (TPSA) is 141 Å². The highest BCUT2D eigenvalue weighted by Crippen LogP contribution is 2.08. The summed E-state index contributed by atoms with van der Waals surface area (Å²) in [5.74, 6) is -0.656. The molecule has 1 saturated heterocycles. The number of piperidine rings is 1. The van der Waals surface area contributed by atoms with Gasteiger partial charge in [-0.1, -0.05) is 12.2 Å². The summed E-state index contributed by atoms with van der Waals surface area (Å²) in [6.07, 6.45) is 3.94. The van der Waals surface area contributed by atoms with Gasteiger partial charge in [-0.3, -0.25) is 9.59 Å². The smallest absolute Gasteiger partial charge is 0.405 e. The lowest BCUT2D eigenvalue weighted by molar-refractivity contribution is -0.129. The van der Waals surface area contributed by atoms with Crippen LogP contribution < -0.4 is 16.8 Å². The number of aromatic nitrogens is 1. The van der Waals surface area contributed by atoms with Crippen molar-refractivity contribution in [1.82, 2.24) is 9.88 Å². The third-order valence-electron chi connectivity index (χ3n) is 3.40. The Morgan fingerprint density at radius 1 is 1.17 bits per heavy atom. The van der Waals surface area contributed by atoms with Crippen LogP contribution in [0.1, 0.15) is 47.0 Å². The summed E-state index contributed by atoms with van der Waals surface area (Å²) in [4.78, 5) is 36.8. The van der Waals surface area contributed by atoms with Gasteiger partial charge in [0.15, 0.2) is 4.99 Å². The summed E-state index contributed by atoms with van der Waals surface area (Å²) in [5.41, 5.74) is 9.30. The monoisotopic (exact) mass is 443 g/mol. The Balaban J connectivity index is 0.000000438. The number of rotatable bonds is 1. The Kier molecular flexibility index (Phi) is 12.2. The minimum atomic E-state index is -0.725. The summed E-state index contributed by atoms with van der Waals surface area (Å²) in [7, 11) is 0. The number of carbonyl (C=O) groups excluding carboxylic acids is 3. The summed E-state index contributed by atoms with van der Waals surface area (Å²) in [6, 6.07) is 2.48. The van der Waals surface area contributed by atoms with Gasteiger partial charge in [0.25, 0.3) is 5.91 Å². The number of carbonyl (C=O) groups is 3. The number of amides is 3. The van der Waals surface area contributed by atoms with E-state index in [1.165, 1.54) is 31.4 Å². The number of nitrogens with two attached hydrogens (primary N) is 2. The highest BCUT2D eigenvalue weighted by molar-refractivity contribution is 7.82. The van der Waals surface area contributed by atoms with Gasteiger partial charge in [0.05, 0.1) is 6.20 Å². The van der Waals surface area contributed by atoms with E-state index in [0.29, 0.717) is 0 Å². The number of thiocarbonyl (C=S) groups is 1. The largest absolute Gasteiger partial charge is 0.444 e. The van der Waals surface area contributed by atoms with Crippen LogP contribution in [0.15, 0.2) is 18.3 Å². The molecule has 3 amide bonds. The maximum absolute atomic E-state index is 12.4. The van der Waals surface area contributed by atoms with Gasteiger partial charge in [0.2, 0.25) is 5.91 Å². The molecule has 0 atom stereocenters. The molecule has 0 aromatic carbocycles. The molecule has 11 heteroatoms. The van der Waals surface area contributed by atoms with Gasteiger partial charge in [-0.05, 0) is 52.2 Å². The Morgan fingerprint density at radius 2 is 1.73 bits per heavy atom. The molecule has 0 saturated carbocycles. The first-order valence-electron chi connectivity index (χ1n) is 9.28. The first kappa shape index (κ1) is 27.2.